The Labute approximate surface area is 182 Å². The summed E-state index contributed by atoms with van der Waals surface area (Å²) in [5.74, 6) is -0.891. The molecular formula is C23H20F3N3O3. The second-order valence-electron chi connectivity index (χ2n) is 7.84. The van der Waals surface area contributed by atoms with E-state index in [0.717, 1.165) is 12.1 Å². The molecule has 2 aromatic heterocycles. The third kappa shape index (κ3) is 5.53. The molecule has 0 radical (unpaired) electrons. The van der Waals surface area contributed by atoms with Crippen LogP contribution < -0.4 is 0 Å². The Bertz CT molecular complexity index is 1210. The fourth-order valence-corrected chi connectivity index (χ4v) is 3.04. The normalized spacial score (nSPS) is 12.6. The number of aliphatic hydroxyl groups is 1. The van der Waals surface area contributed by atoms with E-state index in [1.165, 1.54) is 26.0 Å². The number of alkyl halides is 3. The van der Waals surface area contributed by atoms with Crippen molar-refractivity contribution >= 4 is 23.1 Å². The second-order valence-corrected chi connectivity index (χ2v) is 7.84. The van der Waals surface area contributed by atoms with Gasteiger partial charge in [0.25, 0.3) is 0 Å². The van der Waals surface area contributed by atoms with Crippen LogP contribution in [-0.2, 0) is 22.3 Å². The number of halogens is 3. The predicted molar refractivity (Wildman–Crippen MR) is 111 cm³/mol. The average Bonchev–Trinajstić information content (AvgIpc) is 3.06. The number of carbonyl (C=O) groups is 1. The number of ether oxygens (including phenoxy) is 1. The van der Waals surface area contributed by atoms with Crippen LogP contribution in [0.1, 0.15) is 30.5 Å². The van der Waals surface area contributed by atoms with Gasteiger partial charge < -0.3 is 14.4 Å². The van der Waals surface area contributed by atoms with Gasteiger partial charge in [-0.2, -0.15) is 18.4 Å². The molecule has 1 aromatic carbocycles. The molecule has 3 rings (SSSR count). The van der Waals surface area contributed by atoms with E-state index in [2.05, 4.69) is 4.98 Å². The molecule has 6 nitrogen and oxygen atoms in total. The smallest absolute Gasteiger partial charge is 0.416 e. The largest absolute Gasteiger partial charge is 0.459 e. The molecule has 0 saturated heterocycles. The highest BCUT2D eigenvalue weighted by molar-refractivity contribution is 6.00. The maximum Gasteiger partial charge on any atom is 0.416 e. The standard InChI is InChI=1S/C23H20F3N3O3/c1-22(2,31)14-32-21(30)16(11-27)10-17-13-29(20-19(17)7-4-8-28-20)12-15-5-3-6-18(9-15)23(24,25)26/h3-10,13,31H,12,14H2,1-2H3/b16-10+. The van der Waals surface area contributed by atoms with Gasteiger partial charge in [-0.1, -0.05) is 12.1 Å². The molecule has 0 fully saturated rings. The number of pyridine rings is 1. The summed E-state index contributed by atoms with van der Waals surface area (Å²) in [6, 6.07) is 10.2. The minimum atomic E-state index is -4.45. The molecule has 0 saturated carbocycles. The number of hydrogen-bond acceptors (Lipinski definition) is 5. The number of aromatic nitrogens is 2. The van der Waals surface area contributed by atoms with E-state index < -0.39 is 23.3 Å². The molecule has 0 spiro atoms. The van der Waals surface area contributed by atoms with Gasteiger partial charge in [0.05, 0.1) is 11.2 Å². The highest BCUT2D eigenvalue weighted by Gasteiger charge is 2.30. The number of hydrogen-bond donors (Lipinski definition) is 1. The van der Waals surface area contributed by atoms with Gasteiger partial charge in [-0.25, -0.2) is 9.78 Å². The van der Waals surface area contributed by atoms with E-state index in [4.69, 9.17) is 4.74 Å². The lowest BCUT2D eigenvalue weighted by Crippen LogP contribution is -2.28. The van der Waals surface area contributed by atoms with Crippen molar-refractivity contribution in [2.45, 2.75) is 32.2 Å². The zero-order chi connectivity index (χ0) is 23.5. The average molecular weight is 443 g/mol. The molecular weight excluding hydrogens is 423 g/mol. The summed E-state index contributed by atoms with van der Waals surface area (Å²) >= 11 is 0. The van der Waals surface area contributed by atoms with Gasteiger partial charge in [-0.3, -0.25) is 0 Å². The molecule has 0 bridgehead atoms. The summed E-state index contributed by atoms with van der Waals surface area (Å²) in [6.07, 6.45) is 0.0330. The molecule has 9 heteroatoms. The summed E-state index contributed by atoms with van der Waals surface area (Å²) < 4.78 is 45.8. The van der Waals surface area contributed by atoms with Crippen LogP contribution >= 0.6 is 0 Å². The Balaban J connectivity index is 1.96. The Kier molecular flexibility index (Phi) is 6.37. The summed E-state index contributed by atoms with van der Waals surface area (Å²) in [4.78, 5) is 16.5. The lowest BCUT2D eigenvalue weighted by Gasteiger charge is -2.16. The molecule has 32 heavy (non-hydrogen) atoms. The minimum Gasteiger partial charge on any atom is -0.459 e. The number of nitriles is 1. The molecule has 3 aromatic rings. The summed E-state index contributed by atoms with van der Waals surface area (Å²) in [5.41, 5.74) is -0.892. The van der Waals surface area contributed by atoms with E-state index in [1.54, 1.807) is 41.2 Å². The SMILES string of the molecule is CC(C)(O)COC(=O)/C(C#N)=C/c1cn(Cc2cccc(C(F)(F)F)c2)c2ncccc12. The molecule has 0 atom stereocenters. The van der Waals surface area contributed by atoms with E-state index >= 15 is 0 Å². The zero-order valence-electron chi connectivity index (χ0n) is 17.3. The van der Waals surface area contributed by atoms with Crippen molar-refractivity contribution in [2.24, 2.45) is 0 Å². The first-order chi connectivity index (χ1) is 15.0. The van der Waals surface area contributed by atoms with Crippen LogP contribution in [0.25, 0.3) is 17.1 Å². The molecule has 0 aliphatic rings. The van der Waals surface area contributed by atoms with Crippen molar-refractivity contribution in [3.05, 3.63) is 71.1 Å². The monoisotopic (exact) mass is 443 g/mol. The van der Waals surface area contributed by atoms with Gasteiger partial charge in [0.1, 0.15) is 23.9 Å². The summed E-state index contributed by atoms with van der Waals surface area (Å²) in [5, 5.41) is 19.7. The fourth-order valence-electron chi connectivity index (χ4n) is 3.04. The highest BCUT2D eigenvalue weighted by atomic mass is 19.4. The van der Waals surface area contributed by atoms with Crippen LogP contribution in [0.5, 0.6) is 0 Å². The van der Waals surface area contributed by atoms with E-state index in [9.17, 15) is 28.3 Å². The quantitative estimate of drug-likeness (QED) is 0.348. The van der Waals surface area contributed by atoms with Gasteiger partial charge in [-0.05, 0) is 49.8 Å². The number of carbonyl (C=O) groups excluding carboxylic acids is 1. The van der Waals surface area contributed by atoms with Crippen molar-refractivity contribution in [1.29, 1.82) is 5.26 Å². The number of fused-ring (bicyclic) bond motifs is 1. The van der Waals surface area contributed by atoms with Gasteiger partial charge in [0.15, 0.2) is 0 Å². The van der Waals surface area contributed by atoms with Gasteiger partial charge in [0, 0.05) is 29.9 Å². The molecule has 0 amide bonds. The van der Waals surface area contributed by atoms with E-state index in [-0.39, 0.29) is 18.7 Å². The van der Waals surface area contributed by atoms with Crippen molar-refractivity contribution in [3.63, 3.8) is 0 Å². The maximum absolute atomic E-state index is 13.0. The third-order valence-electron chi connectivity index (χ3n) is 4.47. The Morgan fingerprint density at radius 1 is 1.28 bits per heavy atom. The number of esters is 1. The molecule has 0 aliphatic carbocycles. The summed E-state index contributed by atoms with van der Waals surface area (Å²) in [6.45, 7) is 2.74. The van der Waals surface area contributed by atoms with Gasteiger partial charge >= 0.3 is 12.1 Å². The van der Waals surface area contributed by atoms with Crippen LogP contribution in [0.4, 0.5) is 13.2 Å². The number of benzene rings is 1. The molecule has 1 N–H and O–H groups in total. The molecule has 0 unspecified atom stereocenters. The maximum atomic E-state index is 13.0. The lowest BCUT2D eigenvalue weighted by atomic mass is 10.1. The number of nitrogens with zero attached hydrogens (tertiary/aromatic N) is 3. The predicted octanol–water partition coefficient (Wildman–Crippen LogP) is 4.32. The Morgan fingerprint density at radius 3 is 2.69 bits per heavy atom. The first-order valence-electron chi connectivity index (χ1n) is 9.59. The zero-order valence-corrected chi connectivity index (χ0v) is 17.3. The van der Waals surface area contributed by atoms with Crippen molar-refractivity contribution < 1.29 is 27.8 Å². The first-order valence-corrected chi connectivity index (χ1v) is 9.59. The first kappa shape index (κ1) is 23.0. The Hall–Kier alpha value is -3.64. The third-order valence-corrected chi connectivity index (χ3v) is 4.47. The molecule has 166 valence electrons. The lowest BCUT2D eigenvalue weighted by molar-refractivity contribution is -0.144. The van der Waals surface area contributed by atoms with E-state index in [1.807, 2.05) is 0 Å². The van der Waals surface area contributed by atoms with Gasteiger partial charge in [-0.15, -0.1) is 0 Å². The van der Waals surface area contributed by atoms with Crippen LogP contribution in [0.3, 0.4) is 0 Å². The summed E-state index contributed by atoms with van der Waals surface area (Å²) in [7, 11) is 0. The highest BCUT2D eigenvalue weighted by Crippen LogP contribution is 2.30. The molecule has 2 heterocycles. The van der Waals surface area contributed by atoms with Crippen molar-refractivity contribution in [1.82, 2.24) is 9.55 Å². The van der Waals surface area contributed by atoms with Crippen LogP contribution in [0.2, 0.25) is 0 Å². The minimum absolute atomic E-state index is 0.107. The van der Waals surface area contributed by atoms with Crippen molar-refractivity contribution in [2.75, 3.05) is 6.61 Å². The van der Waals surface area contributed by atoms with E-state index in [0.29, 0.717) is 22.2 Å². The van der Waals surface area contributed by atoms with Crippen LogP contribution in [0, 0.1) is 11.3 Å². The second kappa shape index (κ2) is 8.85. The number of rotatable bonds is 6. The van der Waals surface area contributed by atoms with Gasteiger partial charge in [0.2, 0.25) is 0 Å². The van der Waals surface area contributed by atoms with Crippen molar-refractivity contribution in [3.8, 4) is 6.07 Å². The Morgan fingerprint density at radius 2 is 2.03 bits per heavy atom. The fraction of sp³-hybridized carbons (Fsp3) is 0.261. The molecule has 0 aliphatic heterocycles. The van der Waals surface area contributed by atoms with Crippen LogP contribution in [-0.4, -0.2) is 32.8 Å². The van der Waals surface area contributed by atoms with Crippen LogP contribution in [0.15, 0.2) is 54.4 Å². The topological polar surface area (TPSA) is 88.1 Å².